The molecule has 0 unspecified atom stereocenters. The maximum atomic E-state index is 12.2. The Hall–Kier alpha value is -1.58. The summed E-state index contributed by atoms with van der Waals surface area (Å²) in [6.07, 6.45) is 9.60. The van der Waals surface area contributed by atoms with Crippen LogP contribution in [-0.4, -0.2) is 15.6 Å². The van der Waals surface area contributed by atoms with Crippen LogP contribution in [0.25, 0.3) is 0 Å². The number of nitrogens with zero attached hydrogens (tertiary/aromatic N) is 2. The topological polar surface area (TPSA) is 46.9 Å². The summed E-state index contributed by atoms with van der Waals surface area (Å²) in [6.45, 7) is 6.03. The van der Waals surface area contributed by atoms with Gasteiger partial charge in [0.2, 0.25) is 0 Å². The van der Waals surface area contributed by atoms with Crippen molar-refractivity contribution < 1.29 is 0 Å². The van der Waals surface area contributed by atoms with Crippen molar-refractivity contribution in [3.63, 3.8) is 0 Å². The monoisotopic (exact) mass is 233 g/mol. The van der Waals surface area contributed by atoms with Gasteiger partial charge >= 0.3 is 0 Å². The van der Waals surface area contributed by atoms with E-state index in [1.54, 1.807) is 17.0 Å². The molecule has 0 saturated heterocycles. The second-order valence-corrected chi connectivity index (χ2v) is 5.41. The minimum absolute atomic E-state index is 0.0492. The lowest BCUT2D eigenvalue weighted by molar-refractivity contribution is 0.383. The van der Waals surface area contributed by atoms with Crippen LogP contribution in [0.2, 0.25) is 0 Å². The summed E-state index contributed by atoms with van der Waals surface area (Å²) in [5.74, 6) is 0.455. The van der Waals surface area contributed by atoms with Crippen molar-refractivity contribution in [3.05, 3.63) is 34.9 Å². The summed E-state index contributed by atoms with van der Waals surface area (Å²) in [7, 11) is 0. The van der Waals surface area contributed by atoms with Gasteiger partial charge in [-0.05, 0) is 33.6 Å². The van der Waals surface area contributed by atoms with Gasteiger partial charge in [-0.25, -0.2) is 4.98 Å². The molecule has 2 rings (SSSR count). The summed E-state index contributed by atoms with van der Waals surface area (Å²) < 4.78 is 1.71. The number of nitrogens with one attached hydrogen (secondary N) is 1. The zero-order chi connectivity index (χ0) is 12.5. The smallest absolute Gasteiger partial charge is 0.293 e. The van der Waals surface area contributed by atoms with Gasteiger partial charge in [0.25, 0.3) is 5.56 Å². The zero-order valence-corrected chi connectivity index (χ0v) is 10.6. The number of rotatable bonds is 2. The number of anilines is 1. The molecule has 0 bridgehead atoms. The normalized spacial score (nSPS) is 16.4. The van der Waals surface area contributed by atoms with Gasteiger partial charge in [-0.3, -0.25) is 4.79 Å². The predicted octanol–water partition coefficient (Wildman–Crippen LogP) is 2.13. The Morgan fingerprint density at radius 2 is 2.00 bits per heavy atom. The Bertz CT molecular complexity index is 474. The van der Waals surface area contributed by atoms with Crippen molar-refractivity contribution in [1.29, 1.82) is 0 Å². The van der Waals surface area contributed by atoms with E-state index >= 15 is 0 Å². The van der Waals surface area contributed by atoms with Gasteiger partial charge in [-0.1, -0.05) is 12.2 Å². The molecule has 1 aromatic rings. The second kappa shape index (κ2) is 4.35. The quantitative estimate of drug-likeness (QED) is 0.796. The highest BCUT2D eigenvalue weighted by Gasteiger charge is 2.18. The van der Waals surface area contributed by atoms with Crippen LogP contribution in [-0.2, 0) is 5.54 Å². The second-order valence-electron chi connectivity index (χ2n) is 5.41. The molecule has 0 amide bonds. The highest BCUT2D eigenvalue weighted by atomic mass is 16.1. The minimum Gasteiger partial charge on any atom is -0.362 e. The molecule has 1 aromatic heterocycles. The Kier molecular flexibility index (Phi) is 3.05. The summed E-state index contributed by atoms with van der Waals surface area (Å²) >= 11 is 0. The SMILES string of the molecule is CC(C)(C)n1ccnc(NC2CC=CC2)c1=O. The molecule has 0 fully saturated rings. The van der Waals surface area contributed by atoms with Gasteiger partial charge in [-0.15, -0.1) is 0 Å². The molecule has 0 radical (unpaired) electrons. The van der Waals surface area contributed by atoms with Crippen molar-refractivity contribution in [2.75, 3.05) is 5.32 Å². The van der Waals surface area contributed by atoms with Crippen molar-refractivity contribution in [1.82, 2.24) is 9.55 Å². The minimum atomic E-state index is -0.218. The maximum Gasteiger partial charge on any atom is 0.293 e. The van der Waals surface area contributed by atoms with Gasteiger partial charge in [-0.2, -0.15) is 0 Å². The largest absolute Gasteiger partial charge is 0.362 e. The molecule has 1 aliphatic carbocycles. The average molecular weight is 233 g/mol. The first-order valence-corrected chi connectivity index (χ1v) is 5.98. The van der Waals surface area contributed by atoms with Crippen molar-refractivity contribution in [2.24, 2.45) is 0 Å². The molecule has 0 saturated carbocycles. The van der Waals surface area contributed by atoms with E-state index in [1.807, 2.05) is 20.8 Å². The molecule has 0 spiro atoms. The molecule has 0 atom stereocenters. The molecule has 17 heavy (non-hydrogen) atoms. The van der Waals surface area contributed by atoms with E-state index in [4.69, 9.17) is 0 Å². The van der Waals surface area contributed by atoms with Gasteiger partial charge in [0.05, 0.1) is 0 Å². The fraction of sp³-hybridized carbons (Fsp3) is 0.538. The van der Waals surface area contributed by atoms with E-state index in [-0.39, 0.29) is 11.1 Å². The van der Waals surface area contributed by atoms with Crippen LogP contribution in [0.5, 0.6) is 0 Å². The van der Waals surface area contributed by atoms with Gasteiger partial charge in [0, 0.05) is 24.0 Å². The summed E-state index contributed by atoms with van der Waals surface area (Å²) in [4.78, 5) is 16.4. The Balaban J connectivity index is 2.26. The van der Waals surface area contributed by atoms with Crippen LogP contribution >= 0.6 is 0 Å². The van der Waals surface area contributed by atoms with E-state index in [2.05, 4.69) is 22.5 Å². The van der Waals surface area contributed by atoms with Crippen molar-refractivity contribution in [2.45, 2.75) is 45.2 Å². The number of hydrogen-bond donors (Lipinski definition) is 1. The molecular weight excluding hydrogens is 214 g/mol. The van der Waals surface area contributed by atoms with Gasteiger partial charge in [0.1, 0.15) is 0 Å². The van der Waals surface area contributed by atoms with Gasteiger partial charge < -0.3 is 9.88 Å². The van der Waals surface area contributed by atoms with Crippen LogP contribution < -0.4 is 10.9 Å². The molecule has 4 nitrogen and oxygen atoms in total. The fourth-order valence-corrected chi connectivity index (χ4v) is 1.97. The highest BCUT2D eigenvalue weighted by Crippen LogP contribution is 2.14. The standard InChI is InChI=1S/C13H19N3O/c1-13(2,3)16-9-8-14-11(12(16)17)15-10-6-4-5-7-10/h4-5,8-10H,6-7H2,1-3H3,(H,14,15). The number of hydrogen-bond acceptors (Lipinski definition) is 3. The lowest BCUT2D eigenvalue weighted by Crippen LogP contribution is -2.36. The van der Waals surface area contributed by atoms with E-state index in [0.717, 1.165) is 12.8 Å². The Labute approximate surface area is 101 Å². The third kappa shape index (κ3) is 2.57. The zero-order valence-electron chi connectivity index (χ0n) is 10.6. The summed E-state index contributed by atoms with van der Waals surface area (Å²) in [5, 5.41) is 3.21. The maximum absolute atomic E-state index is 12.2. The predicted molar refractivity (Wildman–Crippen MR) is 69.3 cm³/mol. The van der Waals surface area contributed by atoms with Crippen LogP contribution in [0, 0.1) is 0 Å². The molecule has 1 heterocycles. The Morgan fingerprint density at radius 1 is 1.35 bits per heavy atom. The van der Waals surface area contributed by atoms with Crippen LogP contribution in [0.3, 0.4) is 0 Å². The fourth-order valence-electron chi connectivity index (χ4n) is 1.97. The van der Waals surface area contributed by atoms with E-state index in [9.17, 15) is 4.79 Å². The molecule has 0 aromatic carbocycles. The highest BCUT2D eigenvalue weighted by molar-refractivity contribution is 5.34. The third-order valence-corrected chi connectivity index (χ3v) is 2.91. The van der Waals surface area contributed by atoms with Crippen LogP contribution in [0.4, 0.5) is 5.82 Å². The van der Waals surface area contributed by atoms with Crippen molar-refractivity contribution in [3.8, 4) is 0 Å². The van der Waals surface area contributed by atoms with E-state index in [0.29, 0.717) is 11.9 Å². The third-order valence-electron chi connectivity index (χ3n) is 2.91. The van der Waals surface area contributed by atoms with E-state index < -0.39 is 0 Å². The lowest BCUT2D eigenvalue weighted by Gasteiger charge is -2.23. The average Bonchev–Trinajstić information content (AvgIpc) is 2.72. The van der Waals surface area contributed by atoms with Crippen LogP contribution in [0.15, 0.2) is 29.3 Å². The van der Waals surface area contributed by atoms with Crippen LogP contribution in [0.1, 0.15) is 33.6 Å². The van der Waals surface area contributed by atoms with Crippen molar-refractivity contribution >= 4 is 5.82 Å². The summed E-state index contributed by atoms with van der Waals surface area (Å²) in [6, 6.07) is 0.311. The molecule has 4 heteroatoms. The van der Waals surface area contributed by atoms with E-state index in [1.165, 1.54) is 0 Å². The molecule has 1 N–H and O–H groups in total. The molecule has 0 aliphatic heterocycles. The molecular formula is C13H19N3O. The molecule has 1 aliphatic rings. The first-order valence-electron chi connectivity index (χ1n) is 5.98. The first-order chi connectivity index (χ1) is 7.98. The Morgan fingerprint density at radius 3 is 2.59 bits per heavy atom. The number of aromatic nitrogens is 2. The van der Waals surface area contributed by atoms with Gasteiger partial charge in [0.15, 0.2) is 5.82 Å². The first kappa shape index (κ1) is 11.9. The molecule has 92 valence electrons. The summed E-state index contributed by atoms with van der Waals surface area (Å²) in [5.41, 5.74) is -0.267. The lowest BCUT2D eigenvalue weighted by atomic mass is 10.1.